The minimum absolute atomic E-state index is 0.0430. The minimum atomic E-state index is 0.0430. The van der Waals surface area contributed by atoms with Crippen LogP contribution in [0.2, 0.25) is 0 Å². The third-order valence-corrected chi connectivity index (χ3v) is 5.75. The van der Waals surface area contributed by atoms with Gasteiger partial charge in [-0.1, -0.05) is 24.3 Å². The number of amides is 1. The number of hydrogen-bond donors (Lipinski definition) is 1. The monoisotopic (exact) mass is 370 g/mol. The number of rotatable bonds is 6. The van der Waals surface area contributed by atoms with Gasteiger partial charge < -0.3 is 15.1 Å². The lowest BCUT2D eigenvalue weighted by Gasteiger charge is -2.33. The Labute approximate surface area is 159 Å². The highest BCUT2D eigenvalue weighted by Gasteiger charge is 2.15. The number of benzene rings is 1. The third kappa shape index (κ3) is 5.22. The van der Waals surface area contributed by atoms with Crippen molar-refractivity contribution in [3.05, 3.63) is 53.7 Å². The normalized spacial score (nSPS) is 15.1. The maximum atomic E-state index is 12.1. The van der Waals surface area contributed by atoms with Crippen molar-refractivity contribution in [3.8, 4) is 0 Å². The molecule has 5 nitrogen and oxygen atoms in total. The number of anilines is 1. The van der Waals surface area contributed by atoms with E-state index >= 15 is 0 Å². The maximum Gasteiger partial charge on any atom is 0.230 e. The molecule has 1 aromatic carbocycles. The van der Waals surface area contributed by atoms with Crippen molar-refractivity contribution in [1.29, 1.82) is 0 Å². The molecule has 1 aromatic heterocycles. The summed E-state index contributed by atoms with van der Waals surface area (Å²) < 4.78 is 0. The van der Waals surface area contributed by atoms with Crippen LogP contribution in [-0.2, 0) is 11.3 Å². The Balaban J connectivity index is 1.44. The Morgan fingerprint density at radius 1 is 1.15 bits per heavy atom. The molecule has 1 amide bonds. The van der Waals surface area contributed by atoms with Crippen LogP contribution in [0.15, 0.2) is 47.5 Å². The smallest absolute Gasteiger partial charge is 0.230 e. The van der Waals surface area contributed by atoms with Crippen LogP contribution in [0.25, 0.3) is 0 Å². The molecular weight excluding hydrogens is 344 g/mol. The van der Waals surface area contributed by atoms with Crippen molar-refractivity contribution in [3.63, 3.8) is 0 Å². The molecule has 1 aliphatic rings. The zero-order valence-corrected chi connectivity index (χ0v) is 16.3. The number of nitrogens with one attached hydrogen (secondary N) is 1. The van der Waals surface area contributed by atoms with E-state index in [4.69, 9.17) is 0 Å². The fourth-order valence-electron chi connectivity index (χ4n) is 2.86. The van der Waals surface area contributed by atoms with E-state index < -0.39 is 0 Å². The molecular formula is C20H26N4OS. The lowest BCUT2D eigenvalue weighted by atomic mass is 10.2. The van der Waals surface area contributed by atoms with Crippen LogP contribution in [0.5, 0.6) is 0 Å². The summed E-state index contributed by atoms with van der Waals surface area (Å²) in [6.45, 7) is 6.73. The quantitative estimate of drug-likeness (QED) is 0.792. The van der Waals surface area contributed by atoms with Gasteiger partial charge in [0, 0.05) is 43.8 Å². The van der Waals surface area contributed by atoms with Gasteiger partial charge in [-0.3, -0.25) is 4.79 Å². The molecule has 0 bridgehead atoms. The maximum absolute atomic E-state index is 12.1. The molecule has 1 saturated heterocycles. The first-order valence-electron chi connectivity index (χ1n) is 8.95. The average Bonchev–Trinajstić information content (AvgIpc) is 2.67. The van der Waals surface area contributed by atoms with Crippen LogP contribution in [0.4, 0.5) is 5.82 Å². The van der Waals surface area contributed by atoms with Crippen molar-refractivity contribution in [2.75, 3.05) is 43.9 Å². The number of thioether (sulfide) groups is 1. The summed E-state index contributed by atoms with van der Waals surface area (Å²) in [5.74, 6) is 1.49. The number of carbonyl (C=O) groups is 1. The fraction of sp³-hybridized carbons (Fsp3) is 0.400. The average molecular weight is 371 g/mol. The van der Waals surface area contributed by atoms with Gasteiger partial charge in [-0.2, -0.15) is 0 Å². The Morgan fingerprint density at radius 2 is 1.92 bits per heavy atom. The van der Waals surface area contributed by atoms with E-state index in [1.54, 1.807) is 11.8 Å². The van der Waals surface area contributed by atoms with E-state index in [-0.39, 0.29) is 5.91 Å². The highest BCUT2D eigenvalue weighted by atomic mass is 32.2. The summed E-state index contributed by atoms with van der Waals surface area (Å²) >= 11 is 1.57. The molecule has 0 atom stereocenters. The summed E-state index contributed by atoms with van der Waals surface area (Å²) in [6.07, 6.45) is 1.86. The van der Waals surface area contributed by atoms with Gasteiger partial charge in [0.2, 0.25) is 5.91 Å². The molecule has 138 valence electrons. The standard InChI is InChI=1S/C20H26N4OS/c1-16-5-3-4-6-18(16)26-15-20(25)22-14-17-7-8-19(21-13-17)24-11-9-23(2)10-12-24/h3-8,13H,9-12,14-15H2,1-2H3,(H,22,25). The molecule has 6 heteroatoms. The second-order valence-electron chi connectivity index (χ2n) is 6.65. The molecule has 0 spiro atoms. The molecule has 3 rings (SSSR count). The molecule has 0 saturated carbocycles. The first-order chi connectivity index (χ1) is 12.6. The van der Waals surface area contributed by atoms with Crippen molar-refractivity contribution in [2.24, 2.45) is 0 Å². The van der Waals surface area contributed by atoms with Gasteiger partial charge in [-0.05, 0) is 37.2 Å². The van der Waals surface area contributed by atoms with Crippen LogP contribution in [-0.4, -0.2) is 54.8 Å². The van der Waals surface area contributed by atoms with Crippen LogP contribution < -0.4 is 10.2 Å². The van der Waals surface area contributed by atoms with Crippen LogP contribution in [0.1, 0.15) is 11.1 Å². The molecule has 1 N–H and O–H groups in total. The predicted octanol–water partition coefficient (Wildman–Crippen LogP) is 2.55. The summed E-state index contributed by atoms with van der Waals surface area (Å²) in [6, 6.07) is 12.2. The van der Waals surface area contributed by atoms with E-state index in [2.05, 4.69) is 52.3 Å². The Hall–Kier alpha value is -2.05. The van der Waals surface area contributed by atoms with E-state index in [1.165, 1.54) is 5.56 Å². The van der Waals surface area contributed by atoms with E-state index in [1.807, 2.05) is 24.4 Å². The Bertz CT molecular complexity index is 727. The minimum Gasteiger partial charge on any atom is -0.354 e. The van der Waals surface area contributed by atoms with Gasteiger partial charge in [0.15, 0.2) is 0 Å². The van der Waals surface area contributed by atoms with Gasteiger partial charge in [0.1, 0.15) is 5.82 Å². The first-order valence-corrected chi connectivity index (χ1v) is 9.94. The molecule has 0 radical (unpaired) electrons. The van der Waals surface area contributed by atoms with Gasteiger partial charge in [0.25, 0.3) is 0 Å². The fourth-order valence-corrected chi connectivity index (χ4v) is 3.72. The zero-order chi connectivity index (χ0) is 18.4. The SMILES string of the molecule is Cc1ccccc1SCC(=O)NCc1ccc(N2CCN(C)CC2)nc1. The molecule has 2 heterocycles. The summed E-state index contributed by atoms with van der Waals surface area (Å²) in [7, 11) is 2.15. The number of carbonyl (C=O) groups excluding carboxylic acids is 1. The lowest BCUT2D eigenvalue weighted by Crippen LogP contribution is -2.44. The number of aryl methyl sites for hydroxylation is 1. The number of likely N-dealkylation sites (N-methyl/N-ethyl adjacent to an activating group) is 1. The number of hydrogen-bond acceptors (Lipinski definition) is 5. The zero-order valence-electron chi connectivity index (χ0n) is 15.4. The lowest BCUT2D eigenvalue weighted by molar-refractivity contribution is -0.118. The van der Waals surface area contributed by atoms with Crippen molar-refractivity contribution in [1.82, 2.24) is 15.2 Å². The third-order valence-electron chi connectivity index (χ3n) is 4.58. The van der Waals surface area contributed by atoms with Gasteiger partial charge >= 0.3 is 0 Å². The Morgan fingerprint density at radius 3 is 2.62 bits per heavy atom. The predicted molar refractivity (Wildman–Crippen MR) is 108 cm³/mol. The van der Waals surface area contributed by atoms with Gasteiger partial charge in [-0.15, -0.1) is 11.8 Å². The van der Waals surface area contributed by atoms with Gasteiger partial charge in [0.05, 0.1) is 5.75 Å². The first kappa shape index (κ1) is 18.7. The molecule has 1 aliphatic heterocycles. The largest absolute Gasteiger partial charge is 0.354 e. The highest BCUT2D eigenvalue weighted by molar-refractivity contribution is 8.00. The Kier molecular flexibility index (Phi) is 6.52. The second kappa shape index (κ2) is 9.05. The molecule has 0 unspecified atom stereocenters. The van der Waals surface area contributed by atoms with Gasteiger partial charge in [-0.25, -0.2) is 4.98 Å². The van der Waals surface area contributed by atoms with E-state index in [0.29, 0.717) is 12.3 Å². The van der Waals surface area contributed by atoms with Crippen molar-refractivity contribution < 1.29 is 4.79 Å². The molecule has 26 heavy (non-hydrogen) atoms. The molecule has 0 aliphatic carbocycles. The van der Waals surface area contributed by atoms with Crippen molar-refractivity contribution in [2.45, 2.75) is 18.4 Å². The highest BCUT2D eigenvalue weighted by Crippen LogP contribution is 2.21. The van der Waals surface area contributed by atoms with Crippen LogP contribution in [0.3, 0.4) is 0 Å². The van der Waals surface area contributed by atoms with E-state index in [0.717, 1.165) is 42.5 Å². The van der Waals surface area contributed by atoms with E-state index in [9.17, 15) is 4.79 Å². The number of aromatic nitrogens is 1. The number of nitrogens with zero attached hydrogens (tertiary/aromatic N) is 3. The number of piperazine rings is 1. The molecule has 1 fully saturated rings. The topological polar surface area (TPSA) is 48.5 Å². The second-order valence-corrected chi connectivity index (χ2v) is 7.66. The summed E-state index contributed by atoms with van der Waals surface area (Å²) in [4.78, 5) is 22.4. The summed E-state index contributed by atoms with van der Waals surface area (Å²) in [5.41, 5.74) is 2.23. The molecule has 2 aromatic rings. The van der Waals surface area contributed by atoms with Crippen LogP contribution >= 0.6 is 11.8 Å². The van der Waals surface area contributed by atoms with Crippen molar-refractivity contribution >= 4 is 23.5 Å². The summed E-state index contributed by atoms with van der Waals surface area (Å²) in [5, 5.41) is 2.97. The number of pyridine rings is 1. The van der Waals surface area contributed by atoms with Crippen LogP contribution in [0, 0.1) is 6.92 Å².